The van der Waals surface area contributed by atoms with Gasteiger partial charge >= 0.3 is 5.97 Å². The van der Waals surface area contributed by atoms with E-state index >= 15 is 0 Å². The van der Waals surface area contributed by atoms with Crippen molar-refractivity contribution < 1.29 is 24.6 Å². The van der Waals surface area contributed by atoms with Crippen LogP contribution in [0.4, 0.5) is 0 Å². The van der Waals surface area contributed by atoms with E-state index in [1.165, 1.54) is 0 Å². The van der Waals surface area contributed by atoms with Gasteiger partial charge in [0.2, 0.25) is 0 Å². The fraction of sp³-hybridized carbons (Fsp3) is 0.850. The number of rotatable bonds is 1. The fourth-order valence-electron chi connectivity index (χ4n) is 7.54. The Hall–Kier alpha value is -1.23. The minimum atomic E-state index is -0.937. The lowest BCUT2D eigenvalue weighted by molar-refractivity contribution is -0.203. The van der Waals surface area contributed by atoms with Crippen molar-refractivity contribution in [2.24, 2.45) is 33.5 Å². The average Bonchev–Trinajstić information content (AvgIpc) is 2.69. The first-order valence-electron chi connectivity index (χ1n) is 9.48. The van der Waals surface area contributed by atoms with Crippen molar-refractivity contribution in [3.63, 3.8) is 0 Å². The second kappa shape index (κ2) is 4.73. The quantitative estimate of drug-likeness (QED) is 0.760. The summed E-state index contributed by atoms with van der Waals surface area (Å²) in [6, 6.07) is 0. The molecule has 0 amide bonds. The number of hydrogen-bond donors (Lipinski definition) is 2. The number of carbonyl (C=O) groups excluding carboxylic acids is 2. The number of aliphatic hydroxyl groups excluding tert-OH is 1. The monoisotopic (exact) mass is 348 g/mol. The van der Waals surface area contributed by atoms with Crippen molar-refractivity contribution in [3.05, 3.63) is 0 Å². The molecular weight excluding hydrogens is 320 g/mol. The zero-order valence-electron chi connectivity index (χ0n) is 15.3. The number of aliphatic carboxylic acids is 1. The fourth-order valence-corrected chi connectivity index (χ4v) is 7.54. The van der Waals surface area contributed by atoms with E-state index in [0.717, 1.165) is 12.8 Å². The van der Waals surface area contributed by atoms with E-state index < -0.39 is 33.7 Å². The Balaban J connectivity index is 1.86. The molecule has 5 nitrogen and oxygen atoms in total. The molecule has 0 heterocycles. The number of ketones is 2. The van der Waals surface area contributed by atoms with E-state index in [4.69, 9.17) is 0 Å². The topological polar surface area (TPSA) is 91.7 Å². The van der Waals surface area contributed by atoms with E-state index in [9.17, 15) is 24.6 Å². The Morgan fingerprint density at radius 3 is 2.44 bits per heavy atom. The van der Waals surface area contributed by atoms with Gasteiger partial charge in [0, 0.05) is 29.6 Å². The molecule has 5 heteroatoms. The lowest BCUT2D eigenvalue weighted by Gasteiger charge is -2.63. The molecule has 0 unspecified atom stereocenters. The van der Waals surface area contributed by atoms with Crippen molar-refractivity contribution in [3.8, 4) is 0 Å². The summed E-state index contributed by atoms with van der Waals surface area (Å²) in [6.07, 6.45) is 2.86. The number of hydrogen-bond acceptors (Lipinski definition) is 4. The van der Waals surface area contributed by atoms with Crippen LogP contribution in [0.3, 0.4) is 0 Å². The van der Waals surface area contributed by atoms with Gasteiger partial charge in [0.15, 0.2) is 0 Å². The van der Waals surface area contributed by atoms with Crippen molar-refractivity contribution in [2.75, 3.05) is 0 Å². The van der Waals surface area contributed by atoms with E-state index in [0.29, 0.717) is 19.3 Å². The van der Waals surface area contributed by atoms with Gasteiger partial charge in [-0.15, -0.1) is 0 Å². The Kier molecular flexibility index (Phi) is 3.25. The standard InChI is InChI=1S/C20H28O5/c1-17-8-11(21)15-18(2)5-4-6-19(3,16(24)25)12(18)7-13(22)20(15,10-17)9-14(17)23/h11-12,15,21H,4-10H2,1-3H3,(H,24,25)/t11-,12-,15-,17-,18+,19+,20-/m0/s1. The second-order valence-corrected chi connectivity index (χ2v) is 10.0. The van der Waals surface area contributed by atoms with Crippen molar-refractivity contribution in [1.29, 1.82) is 0 Å². The van der Waals surface area contributed by atoms with Crippen molar-refractivity contribution >= 4 is 17.5 Å². The summed E-state index contributed by atoms with van der Waals surface area (Å²) in [6.45, 7) is 5.72. The molecule has 0 aromatic rings. The summed E-state index contributed by atoms with van der Waals surface area (Å²) in [4.78, 5) is 38.0. The molecular formula is C20H28O5. The lowest BCUT2D eigenvalue weighted by atomic mass is 9.39. The molecule has 4 fully saturated rings. The number of fused-ring (bicyclic) bond motifs is 3. The van der Waals surface area contributed by atoms with E-state index in [1.807, 2.05) is 6.92 Å². The first-order chi connectivity index (χ1) is 11.5. The second-order valence-electron chi connectivity index (χ2n) is 10.0. The van der Waals surface area contributed by atoms with Crippen LogP contribution >= 0.6 is 0 Å². The summed E-state index contributed by atoms with van der Waals surface area (Å²) in [5, 5.41) is 20.9. The maximum atomic E-state index is 13.3. The van der Waals surface area contributed by atoms with Crippen LogP contribution in [0.1, 0.15) is 65.7 Å². The maximum absolute atomic E-state index is 13.3. The first-order valence-corrected chi connectivity index (χ1v) is 9.48. The third-order valence-electron chi connectivity index (χ3n) is 8.62. The Morgan fingerprint density at radius 1 is 1.12 bits per heavy atom. The Labute approximate surface area is 148 Å². The van der Waals surface area contributed by atoms with Crippen molar-refractivity contribution in [2.45, 2.75) is 71.8 Å². The maximum Gasteiger partial charge on any atom is 0.309 e. The molecule has 25 heavy (non-hydrogen) atoms. The minimum Gasteiger partial charge on any atom is -0.481 e. The van der Waals surface area contributed by atoms with Gasteiger partial charge in [-0.2, -0.15) is 0 Å². The number of aliphatic hydroxyl groups is 1. The molecule has 4 aliphatic rings. The van der Waals surface area contributed by atoms with Gasteiger partial charge in [0.1, 0.15) is 11.6 Å². The molecule has 2 N–H and O–H groups in total. The molecule has 0 radical (unpaired) electrons. The number of carboxylic acids is 1. The summed E-state index contributed by atoms with van der Waals surface area (Å²) in [5.74, 6) is -1.30. The van der Waals surface area contributed by atoms with Gasteiger partial charge in [-0.1, -0.05) is 20.3 Å². The smallest absolute Gasteiger partial charge is 0.309 e. The highest BCUT2D eigenvalue weighted by Crippen LogP contribution is 2.71. The SMILES string of the molecule is C[C@@]12C[C@H](O)[C@@H]3[C@@](CC1=O)(C2)C(=O)C[C@H]1[C@@]3(C)CCC[C@@]1(C)C(=O)O. The zero-order chi connectivity index (χ0) is 18.4. The van der Waals surface area contributed by atoms with Crippen molar-refractivity contribution in [1.82, 2.24) is 0 Å². The molecule has 2 bridgehead atoms. The average molecular weight is 348 g/mol. The largest absolute Gasteiger partial charge is 0.481 e. The van der Waals surface area contributed by atoms with Crippen LogP contribution in [0, 0.1) is 33.5 Å². The van der Waals surface area contributed by atoms with Gasteiger partial charge in [-0.05, 0) is 43.9 Å². The summed E-state index contributed by atoms with van der Waals surface area (Å²) >= 11 is 0. The van der Waals surface area contributed by atoms with Gasteiger partial charge < -0.3 is 10.2 Å². The lowest BCUT2D eigenvalue weighted by Crippen LogP contribution is -2.65. The van der Waals surface area contributed by atoms with Crippen LogP contribution in [-0.2, 0) is 14.4 Å². The van der Waals surface area contributed by atoms with E-state index in [2.05, 4.69) is 6.92 Å². The molecule has 4 rings (SSSR count). The zero-order valence-corrected chi connectivity index (χ0v) is 15.3. The van der Waals surface area contributed by atoms with Crippen LogP contribution in [0.15, 0.2) is 0 Å². The predicted molar refractivity (Wildman–Crippen MR) is 89.7 cm³/mol. The predicted octanol–water partition coefficient (Wildman–Crippen LogP) is 2.59. The molecule has 1 spiro atoms. The van der Waals surface area contributed by atoms with Crippen LogP contribution < -0.4 is 0 Å². The van der Waals surface area contributed by atoms with Gasteiger partial charge in [-0.3, -0.25) is 14.4 Å². The third-order valence-corrected chi connectivity index (χ3v) is 8.62. The summed E-state index contributed by atoms with van der Waals surface area (Å²) in [5.41, 5.74) is -2.72. The first kappa shape index (κ1) is 17.2. The highest BCUT2D eigenvalue weighted by molar-refractivity contribution is 5.99. The summed E-state index contributed by atoms with van der Waals surface area (Å²) in [7, 11) is 0. The normalized spacial score (nSPS) is 54.8. The molecule has 4 saturated carbocycles. The van der Waals surface area contributed by atoms with E-state index in [-0.39, 0.29) is 36.2 Å². The summed E-state index contributed by atoms with van der Waals surface area (Å²) < 4.78 is 0. The molecule has 0 aliphatic heterocycles. The molecule has 0 aromatic carbocycles. The van der Waals surface area contributed by atoms with Gasteiger partial charge in [0.05, 0.1) is 11.5 Å². The van der Waals surface area contributed by atoms with Crippen LogP contribution in [0.2, 0.25) is 0 Å². The third kappa shape index (κ3) is 1.85. The molecule has 7 atom stereocenters. The number of carbonyl (C=O) groups is 3. The van der Waals surface area contributed by atoms with Gasteiger partial charge in [-0.25, -0.2) is 0 Å². The minimum absolute atomic E-state index is 0.0187. The Morgan fingerprint density at radius 2 is 1.80 bits per heavy atom. The molecule has 0 saturated heterocycles. The van der Waals surface area contributed by atoms with E-state index in [1.54, 1.807) is 6.92 Å². The molecule has 4 aliphatic carbocycles. The molecule has 0 aromatic heterocycles. The highest BCUT2D eigenvalue weighted by Gasteiger charge is 2.73. The van der Waals surface area contributed by atoms with Gasteiger partial charge in [0.25, 0.3) is 0 Å². The highest BCUT2D eigenvalue weighted by atomic mass is 16.4. The van der Waals surface area contributed by atoms with Crippen LogP contribution in [0.25, 0.3) is 0 Å². The molecule has 138 valence electrons. The Bertz CT molecular complexity index is 686. The van der Waals surface area contributed by atoms with Crippen LogP contribution in [0.5, 0.6) is 0 Å². The number of Topliss-reactive ketones (excluding diaryl/α,β-unsaturated/α-hetero) is 2. The van der Waals surface area contributed by atoms with Crippen LogP contribution in [-0.4, -0.2) is 33.9 Å². The number of carboxylic acid groups (broad SMARTS) is 1.